The van der Waals surface area contributed by atoms with Crippen LogP contribution in [0.4, 0.5) is 4.79 Å². The molecule has 1 unspecified atom stereocenters. The van der Waals surface area contributed by atoms with E-state index in [1.165, 1.54) is 4.90 Å². The van der Waals surface area contributed by atoms with E-state index in [4.69, 9.17) is 0 Å². The summed E-state index contributed by atoms with van der Waals surface area (Å²) >= 11 is 0. The van der Waals surface area contributed by atoms with Gasteiger partial charge < -0.3 is 10.2 Å². The lowest BCUT2D eigenvalue weighted by Crippen LogP contribution is -2.55. The second kappa shape index (κ2) is 6.03. The van der Waals surface area contributed by atoms with Crippen LogP contribution in [-0.2, 0) is 9.59 Å². The van der Waals surface area contributed by atoms with Gasteiger partial charge in [0.2, 0.25) is 5.91 Å². The number of urea groups is 1. The number of carbonyl (C=O) groups excluding carboxylic acids is 3. The molecule has 1 heterocycles. The van der Waals surface area contributed by atoms with Gasteiger partial charge in [-0.3, -0.25) is 14.9 Å². The third-order valence-corrected chi connectivity index (χ3v) is 4.83. The van der Waals surface area contributed by atoms with E-state index in [9.17, 15) is 14.4 Å². The zero-order chi connectivity index (χ0) is 15.6. The zero-order valence-electron chi connectivity index (χ0n) is 13.1. The molecule has 118 valence electrons. The van der Waals surface area contributed by atoms with Crippen molar-refractivity contribution < 1.29 is 14.4 Å². The Morgan fingerprint density at radius 2 is 2.05 bits per heavy atom. The predicted molar refractivity (Wildman–Crippen MR) is 78.5 cm³/mol. The van der Waals surface area contributed by atoms with Gasteiger partial charge in [-0.05, 0) is 44.9 Å². The molecule has 1 aliphatic heterocycles. The van der Waals surface area contributed by atoms with Gasteiger partial charge >= 0.3 is 6.03 Å². The van der Waals surface area contributed by atoms with Crippen LogP contribution in [0.1, 0.15) is 52.9 Å². The highest BCUT2D eigenvalue weighted by molar-refractivity contribution is 6.08. The summed E-state index contributed by atoms with van der Waals surface area (Å²) in [5, 5.41) is 5.23. The minimum Gasteiger partial charge on any atom is -0.352 e. The van der Waals surface area contributed by atoms with Crippen molar-refractivity contribution in [2.75, 3.05) is 6.54 Å². The number of nitrogens with zero attached hydrogens (tertiary/aromatic N) is 1. The zero-order valence-corrected chi connectivity index (χ0v) is 13.1. The number of nitrogens with one attached hydrogen (secondary N) is 2. The molecule has 1 saturated carbocycles. The number of carbonyl (C=O) groups is 3. The van der Waals surface area contributed by atoms with Gasteiger partial charge in [0.25, 0.3) is 5.91 Å². The molecule has 1 saturated heterocycles. The summed E-state index contributed by atoms with van der Waals surface area (Å²) < 4.78 is 0. The first kappa shape index (κ1) is 15.8. The van der Waals surface area contributed by atoms with Gasteiger partial charge in [0.05, 0.1) is 0 Å². The Balaban J connectivity index is 2.10. The van der Waals surface area contributed by atoms with E-state index in [0.29, 0.717) is 18.8 Å². The van der Waals surface area contributed by atoms with Gasteiger partial charge in [-0.1, -0.05) is 13.8 Å². The number of imide groups is 1. The quantitative estimate of drug-likeness (QED) is 0.770. The maximum Gasteiger partial charge on any atom is 0.325 e. The smallest absolute Gasteiger partial charge is 0.325 e. The van der Waals surface area contributed by atoms with Crippen LogP contribution in [-0.4, -0.2) is 40.9 Å². The molecular weight excluding hydrogens is 270 g/mol. The third-order valence-electron chi connectivity index (χ3n) is 4.83. The monoisotopic (exact) mass is 295 g/mol. The first-order valence-electron chi connectivity index (χ1n) is 7.81. The van der Waals surface area contributed by atoms with Crippen molar-refractivity contribution in [2.24, 2.45) is 5.92 Å². The Morgan fingerprint density at radius 3 is 2.62 bits per heavy atom. The van der Waals surface area contributed by atoms with Crippen LogP contribution < -0.4 is 10.6 Å². The molecule has 2 aliphatic rings. The van der Waals surface area contributed by atoms with Crippen molar-refractivity contribution in [3.8, 4) is 0 Å². The van der Waals surface area contributed by atoms with Crippen LogP contribution in [0.2, 0.25) is 0 Å². The Labute approximate surface area is 125 Å². The minimum atomic E-state index is -0.809. The summed E-state index contributed by atoms with van der Waals surface area (Å²) in [7, 11) is 0. The molecule has 0 aromatic heterocycles. The summed E-state index contributed by atoms with van der Waals surface area (Å²) in [5.74, 6) is 0.123. The second-order valence-electron chi connectivity index (χ2n) is 6.44. The van der Waals surface area contributed by atoms with Gasteiger partial charge in [-0.2, -0.15) is 0 Å². The van der Waals surface area contributed by atoms with Crippen LogP contribution in [0.3, 0.4) is 0 Å². The van der Waals surface area contributed by atoms with Crippen molar-refractivity contribution in [3.05, 3.63) is 0 Å². The molecule has 21 heavy (non-hydrogen) atoms. The first-order valence-corrected chi connectivity index (χ1v) is 7.81. The Hall–Kier alpha value is -1.59. The summed E-state index contributed by atoms with van der Waals surface area (Å²) in [6.45, 7) is 6.02. The normalized spacial score (nSPS) is 30.4. The molecule has 1 aliphatic carbocycles. The molecule has 0 aromatic carbocycles. The van der Waals surface area contributed by atoms with E-state index in [0.717, 1.165) is 19.3 Å². The Bertz CT molecular complexity index is 441. The largest absolute Gasteiger partial charge is 0.352 e. The second-order valence-corrected chi connectivity index (χ2v) is 6.44. The summed E-state index contributed by atoms with van der Waals surface area (Å²) in [5.41, 5.74) is -0.809. The lowest BCUT2D eigenvalue weighted by Gasteiger charge is -2.39. The van der Waals surface area contributed by atoms with Crippen LogP contribution in [0, 0.1) is 5.92 Å². The molecule has 1 spiro atoms. The molecule has 0 aromatic rings. The summed E-state index contributed by atoms with van der Waals surface area (Å²) in [4.78, 5) is 37.8. The van der Waals surface area contributed by atoms with Crippen LogP contribution in [0.25, 0.3) is 0 Å². The summed E-state index contributed by atoms with van der Waals surface area (Å²) in [6, 6.07) is -0.366. The maximum atomic E-state index is 12.2. The van der Waals surface area contributed by atoms with Crippen LogP contribution >= 0.6 is 0 Å². The molecule has 0 radical (unpaired) electrons. The number of hydrogen-bond acceptors (Lipinski definition) is 3. The van der Waals surface area contributed by atoms with Gasteiger partial charge in [0, 0.05) is 6.04 Å². The van der Waals surface area contributed by atoms with Crippen LogP contribution in [0.15, 0.2) is 0 Å². The topological polar surface area (TPSA) is 78.5 Å². The molecule has 6 heteroatoms. The van der Waals surface area contributed by atoms with Crippen molar-refractivity contribution >= 4 is 17.8 Å². The molecular formula is C15H25N3O3. The van der Waals surface area contributed by atoms with Crippen LogP contribution in [0.5, 0.6) is 0 Å². The van der Waals surface area contributed by atoms with Gasteiger partial charge in [0.15, 0.2) is 0 Å². The molecule has 2 N–H and O–H groups in total. The lowest BCUT2D eigenvalue weighted by molar-refractivity contribution is -0.130. The number of hydrogen-bond donors (Lipinski definition) is 2. The number of amides is 4. The lowest BCUT2D eigenvalue weighted by atomic mass is 9.76. The van der Waals surface area contributed by atoms with Crippen molar-refractivity contribution in [3.63, 3.8) is 0 Å². The summed E-state index contributed by atoms with van der Waals surface area (Å²) in [6.07, 6.45) is 3.93. The van der Waals surface area contributed by atoms with E-state index in [1.807, 2.05) is 13.8 Å². The third kappa shape index (κ3) is 3.04. The van der Waals surface area contributed by atoms with E-state index in [-0.39, 0.29) is 24.4 Å². The van der Waals surface area contributed by atoms with Crippen molar-refractivity contribution in [1.82, 2.24) is 15.5 Å². The average Bonchev–Trinajstić information content (AvgIpc) is 2.66. The first-order chi connectivity index (χ1) is 9.89. The molecule has 1 atom stereocenters. The predicted octanol–water partition coefficient (Wildman–Crippen LogP) is 1.40. The molecule has 6 nitrogen and oxygen atoms in total. The minimum absolute atomic E-state index is 0.0453. The SMILES string of the molecule is CCC(C)NC(=O)CN1C(=O)NC(=O)C12CCC(C)CC2. The van der Waals surface area contributed by atoms with Gasteiger partial charge in [-0.15, -0.1) is 0 Å². The van der Waals surface area contributed by atoms with E-state index in [1.54, 1.807) is 0 Å². The maximum absolute atomic E-state index is 12.2. The highest BCUT2D eigenvalue weighted by atomic mass is 16.2. The van der Waals surface area contributed by atoms with Gasteiger partial charge in [-0.25, -0.2) is 4.79 Å². The highest BCUT2D eigenvalue weighted by Crippen LogP contribution is 2.39. The Morgan fingerprint density at radius 1 is 1.43 bits per heavy atom. The fourth-order valence-electron chi connectivity index (χ4n) is 3.12. The fourth-order valence-corrected chi connectivity index (χ4v) is 3.12. The van der Waals surface area contributed by atoms with Gasteiger partial charge in [0.1, 0.15) is 12.1 Å². The molecule has 2 fully saturated rings. The molecule has 0 bridgehead atoms. The molecule has 2 rings (SSSR count). The standard InChI is InChI=1S/C15H25N3O3/c1-4-11(3)16-12(19)9-18-14(21)17-13(20)15(18)7-5-10(2)6-8-15/h10-11H,4-9H2,1-3H3,(H,16,19)(H,17,20,21). The highest BCUT2D eigenvalue weighted by Gasteiger charge is 2.54. The van der Waals surface area contributed by atoms with E-state index in [2.05, 4.69) is 17.6 Å². The molecule has 4 amide bonds. The number of rotatable bonds is 4. The Kier molecular flexibility index (Phi) is 4.54. The van der Waals surface area contributed by atoms with E-state index >= 15 is 0 Å². The average molecular weight is 295 g/mol. The fraction of sp³-hybridized carbons (Fsp3) is 0.800. The van der Waals surface area contributed by atoms with E-state index < -0.39 is 11.6 Å². The van der Waals surface area contributed by atoms with Crippen molar-refractivity contribution in [1.29, 1.82) is 0 Å². The van der Waals surface area contributed by atoms with Crippen molar-refractivity contribution in [2.45, 2.75) is 64.5 Å².